The summed E-state index contributed by atoms with van der Waals surface area (Å²) in [7, 11) is 0. The van der Waals surface area contributed by atoms with Gasteiger partial charge in [0.05, 0.1) is 11.8 Å². The van der Waals surface area contributed by atoms with E-state index in [0.717, 1.165) is 12.1 Å². The maximum absolute atomic E-state index is 12.6. The van der Waals surface area contributed by atoms with E-state index in [1.165, 1.54) is 12.3 Å². The summed E-state index contributed by atoms with van der Waals surface area (Å²) in [6.45, 7) is 0.251. The van der Waals surface area contributed by atoms with E-state index in [9.17, 15) is 18.3 Å². The largest absolute Gasteiger partial charge is 0.467 e. The molecule has 0 aliphatic heterocycles. The topological polar surface area (TPSA) is 45.4 Å². The summed E-state index contributed by atoms with van der Waals surface area (Å²) in [5, 5.41) is 12.9. The van der Waals surface area contributed by atoms with E-state index in [1.54, 1.807) is 12.1 Å². The average Bonchev–Trinajstić information content (AvgIpc) is 2.93. The minimum atomic E-state index is -4.41. The number of hydrogen-bond acceptors (Lipinski definition) is 3. The van der Waals surface area contributed by atoms with E-state index in [2.05, 4.69) is 5.32 Å². The number of furan rings is 1. The minimum Gasteiger partial charge on any atom is -0.467 e. The molecule has 21 heavy (non-hydrogen) atoms. The number of aliphatic hydroxyl groups excluding tert-OH is 1. The molecule has 0 spiro atoms. The first-order valence-corrected chi connectivity index (χ1v) is 6.53. The van der Waals surface area contributed by atoms with Gasteiger partial charge >= 0.3 is 6.18 Å². The van der Waals surface area contributed by atoms with Crippen molar-refractivity contribution in [3.63, 3.8) is 0 Å². The summed E-state index contributed by atoms with van der Waals surface area (Å²) in [6, 6.07) is 6.40. The zero-order chi connectivity index (χ0) is 15.5. The summed E-state index contributed by atoms with van der Waals surface area (Å²) in [6.07, 6.45) is -3.85. The fourth-order valence-electron chi connectivity index (χ4n) is 1.81. The highest BCUT2D eigenvalue weighted by atomic mass is 35.5. The standard InChI is InChI=1S/C14H13ClF3NO2/c15-11-4-3-10(14(16,17)18)6-9(11)7-19-8-12(20)13-2-1-5-21-13/h1-6,12,19-20H,7-8H2. The maximum atomic E-state index is 12.6. The summed E-state index contributed by atoms with van der Waals surface area (Å²) >= 11 is 5.87. The molecule has 2 N–H and O–H groups in total. The molecule has 0 fully saturated rings. The zero-order valence-corrected chi connectivity index (χ0v) is 11.6. The molecule has 1 aromatic heterocycles. The molecule has 1 heterocycles. The van der Waals surface area contributed by atoms with E-state index in [-0.39, 0.29) is 18.1 Å². The van der Waals surface area contributed by atoms with Crippen LogP contribution in [0.2, 0.25) is 5.02 Å². The molecule has 114 valence electrons. The maximum Gasteiger partial charge on any atom is 0.416 e. The second-order valence-electron chi connectivity index (χ2n) is 4.47. The summed E-state index contributed by atoms with van der Waals surface area (Å²) < 4.78 is 42.9. The summed E-state index contributed by atoms with van der Waals surface area (Å²) in [5.74, 6) is 0.387. The number of benzene rings is 1. The lowest BCUT2D eigenvalue weighted by Gasteiger charge is -2.13. The third kappa shape index (κ3) is 4.23. The Morgan fingerprint density at radius 3 is 2.67 bits per heavy atom. The van der Waals surface area contributed by atoms with Crippen molar-refractivity contribution in [2.75, 3.05) is 6.54 Å². The molecule has 1 atom stereocenters. The highest BCUT2D eigenvalue weighted by Gasteiger charge is 2.30. The van der Waals surface area contributed by atoms with Crippen molar-refractivity contribution in [2.45, 2.75) is 18.8 Å². The fourth-order valence-corrected chi connectivity index (χ4v) is 2.00. The van der Waals surface area contributed by atoms with E-state index in [4.69, 9.17) is 16.0 Å². The third-order valence-electron chi connectivity index (χ3n) is 2.90. The normalized spacial score (nSPS) is 13.4. The second kappa shape index (κ2) is 6.51. The molecule has 0 aliphatic carbocycles. The van der Waals surface area contributed by atoms with Crippen molar-refractivity contribution in [3.8, 4) is 0 Å². The monoisotopic (exact) mass is 319 g/mol. The van der Waals surface area contributed by atoms with E-state index in [1.807, 2.05) is 0 Å². The van der Waals surface area contributed by atoms with E-state index in [0.29, 0.717) is 11.3 Å². The van der Waals surface area contributed by atoms with Gasteiger partial charge < -0.3 is 14.8 Å². The van der Waals surface area contributed by atoms with Crippen LogP contribution in [0.5, 0.6) is 0 Å². The van der Waals surface area contributed by atoms with Gasteiger partial charge in [-0.15, -0.1) is 0 Å². The van der Waals surface area contributed by atoms with Crippen molar-refractivity contribution >= 4 is 11.6 Å². The average molecular weight is 320 g/mol. The molecule has 2 aromatic rings. The Balaban J connectivity index is 1.97. The molecule has 1 unspecified atom stereocenters. The van der Waals surface area contributed by atoms with Crippen molar-refractivity contribution in [3.05, 3.63) is 58.5 Å². The Labute approximate surface area is 124 Å². The van der Waals surface area contributed by atoms with Crippen LogP contribution in [0.4, 0.5) is 13.2 Å². The molecule has 0 saturated heterocycles. The van der Waals surface area contributed by atoms with Crippen LogP contribution >= 0.6 is 11.6 Å². The lowest BCUT2D eigenvalue weighted by atomic mass is 10.1. The van der Waals surface area contributed by atoms with Crippen LogP contribution < -0.4 is 5.32 Å². The molecule has 0 aliphatic rings. The number of aliphatic hydroxyl groups is 1. The SMILES string of the molecule is OC(CNCc1cc(C(F)(F)F)ccc1Cl)c1ccco1. The zero-order valence-electron chi connectivity index (χ0n) is 10.8. The lowest BCUT2D eigenvalue weighted by molar-refractivity contribution is -0.137. The predicted octanol–water partition coefficient (Wildman–Crippen LogP) is 3.78. The van der Waals surface area contributed by atoms with Gasteiger partial charge in [-0.25, -0.2) is 0 Å². The Morgan fingerprint density at radius 1 is 1.29 bits per heavy atom. The molecule has 2 rings (SSSR count). The minimum absolute atomic E-state index is 0.112. The quantitative estimate of drug-likeness (QED) is 0.881. The molecule has 7 heteroatoms. The summed E-state index contributed by atoms with van der Waals surface area (Å²) in [5.41, 5.74) is -0.437. The Morgan fingerprint density at radius 2 is 2.05 bits per heavy atom. The number of hydrogen-bond donors (Lipinski definition) is 2. The van der Waals surface area contributed by atoms with E-state index < -0.39 is 17.8 Å². The molecule has 1 aromatic carbocycles. The van der Waals surface area contributed by atoms with Crippen molar-refractivity contribution in [1.29, 1.82) is 0 Å². The molecule has 0 amide bonds. The van der Waals surface area contributed by atoms with Crippen molar-refractivity contribution in [2.24, 2.45) is 0 Å². The number of halogens is 4. The Kier molecular flexibility index (Phi) is 4.92. The van der Waals surface area contributed by atoms with Crippen LogP contribution in [0, 0.1) is 0 Å². The van der Waals surface area contributed by atoms with Crippen LogP contribution in [0.3, 0.4) is 0 Å². The molecular weight excluding hydrogens is 307 g/mol. The van der Waals surface area contributed by atoms with Crippen molar-refractivity contribution < 1.29 is 22.7 Å². The fraction of sp³-hybridized carbons (Fsp3) is 0.286. The van der Waals surface area contributed by atoms with Gasteiger partial charge in [0, 0.05) is 18.1 Å². The smallest absolute Gasteiger partial charge is 0.416 e. The summed E-state index contributed by atoms with van der Waals surface area (Å²) in [4.78, 5) is 0. The molecule has 3 nitrogen and oxygen atoms in total. The number of alkyl halides is 3. The first-order chi connectivity index (χ1) is 9.88. The van der Waals surface area contributed by atoms with Gasteiger partial charge in [-0.3, -0.25) is 0 Å². The van der Waals surface area contributed by atoms with Gasteiger partial charge in [-0.2, -0.15) is 13.2 Å². The van der Waals surface area contributed by atoms with E-state index >= 15 is 0 Å². The van der Waals surface area contributed by atoms with Gasteiger partial charge in [0.15, 0.2) is 0 Å². The van der Waals surface area contributed by atoms with Gasteiger partial charge in [-0.1, -0.05) is 11.6 Å². The second-order valence-corrected chi connectivity index (χ2v) is 4.87. The highest BCUT2D eigenvalue weighted by molar-refractivity contribution is 6.31. The number of nitrogens with one attached hydrogen (secondary N) is 1. The van der Waals surface area contributed by atoms with Crippen LogP contribution in [-0.4, -0.2) is 11.7 Å². The lowest BCUT2D eigenvalue weighted by Crippen LogP contribution is -2.21. The molecule has 0 bridgehead atoms. The van der Waals surface area contributed by atoms with Crippen LogP contribution in [0.25, 0.3) is 0 Å². The Hall–Kier alpha value is -1.50. The number of rotatable bonds is 5. The molecule has 0 radical (unpaired) electrons. The van der Waals surface area contributed by atoms with Crippen LogP contribution in [-0.2, 0) is 12.7 Å². The van der Waals surface area contributed by atoms with Crippen LogP contribution in [0.15, 0.2) is 41.0 Å². The third-order valence-corrected chi connectivity index (χ3v) is 3.27. The Bertz CT molecular complexity index is 584. The van der Waals surface area contributed by atoms with Gasteiger partial charge in [0.25, 0.3) is 0 Å². The highest BCUT2D eigenvalue weighted by Crippen LogP contribution is 2.31. The van der Waals surface area contributed by atoms with Gasteiger partial charge in [0.2, 0.25) is 0 Å². The van der Waals surface area contributed by atoms with Crippen LogP contribution in [0.1, 0.15) is 23.0 Å². The van der Waals surface area contributed by atoms with Crippen molar-refractivity contribution in [1.82, 2.24) is 5.32 Å². The van der Waals surface area contributed by atoms with Gasteiger partial charge in [-0.05, 0) is 35.9 Å². The molecule has 0 saturated carbocycles. The predicted molar refractivity (Wildman–Crippen MR) is 71.8 cm³/mol. The van der Waals surface area contributed by atoms with Gasteiger partial charge in [0.1, 0.15) is 11.9 Å². The first-order valence-electron chi connectivity index (χ1n) is 6.15. The first kappa shape index (κ1) is 15.9. The molecular formula is C14H13ClF3NO2.